The zero-order valence-electron chi connectivity index (χ0n) is 38.7. The fourth-order valence-corrected chi connectivity index (χ4v) is 8.88. The number of hydrogen-bond acceptors (Lipinski definition) is 10. The molecule has 4 aromatic heterocycles. The zero-order chi connectivity index (χ0) is 46.3. The van der Waals surface area contributed by atoms with Gasteiger partial charge in [0.25, 0.3) is 11.8 Å². The van der Waals surface area contributed by atoms with Gasteiger partial charge < -0.3 is 20.4 Å². The summed E-state index contributed by atoms with van der Waals surface area (Å²) in [5.41, 5.74) is 12.7. The molecule has 0 atom stereocenters. The van der Waals surface area contributed by atoms with Crippen molar-refractivity contribution in [1.29, 1.82) is 0 Å². The summed E-state index contributed by atoms with van der Waals surface area (Å²) in [6.45, 7) is 7.33. The number of nitrogens with one attached hydrogen (secondary N) is 4. The van der Waals surface area contributed by atoms with Gasteiger partial charge in [-0.1, -0.05) is 24.3 Å². The number of benzene rings is 4. The summed E-state index contributed by atoms with van der Waals surface area (Å²) in [4.78, 5) is 44.0. The van der Waals surface area contributed by atoms with Gasteiger partial charge in [0.1, 0.15) is 0 Å². The zero-order valence-corrected chi connectivity index (χ0v) is 38.7. The van der Waals surface area contributed by atoms with Crippen molar-refractivity contribution in [3.05, 3.63) is 150 Å². The van der Waals surface area contributed by atoms with Gasteiger partial charge in [-0.25, -0.2) is 0 Å². The number of nitrogens with zero attached hydrogens (tertiary/aromatic N) is 8. The molecule has 4 N–H and O–H groups in total. The highest BCUT2D eigenvalue weighted by atomic mass is 16.2. The highest BCUT2D eigenvalue weighted by Crippen LogP contribution is 2.29. The Morgan fingerprint density at radius 3 is 1.42 bits per heavy atom. The summed E-state index contributed by atoms with van der Waals surface area (Å²) in [7, 11) is 8.04. The Balaban J connectivity index is 0.000000168. The molecule has 0 unspecified atom stereocenters. The van der Waals surface area contributed by atoms with Gasteiger partial charge in [-0.3, -0.25) is 39.6 Å². The monoisotopic (exact) mass is 894 g/mol. The maximum Gasteiger partial charge on any atom is 0.276 e. The SMILES string of the molecule is CN(C)Cc1ccc(NC(=O)c2n[nH]c3ccc(-c4cncc(CN5CCCC5)c4)cc23)cc1.CN(C)c1ccc(NC(=O)c2n[nH]c3ccc(-c4cncc(CN5CCCC5)c4)cc23)cc1. The molecular formula is C53H58N12O2. The van der Waals surface area contributed by atoms with Gasteiger partial charge in [-0.05, 0) is 167 Å². The first kappa shape index (κ1) is 44.9. The number of likely N-dealkylation sites (tertiary alicyclic amines) is 2. The van der Waals surface area contributed by atoms with Crippen molar-refractivity contribution in [2.45, 2.75) is 45.3 Å². The van der Waals surface area contributed by atoms with Crippen LogP contribution in [0.4, 0.5) is 17.1 Å². The van der Waals surface area contributed by atoms with E-state index in [0.29, 0.717) is 11.4 Å². The third kappa shape index (κ3) is 11.1. The third-order valence-electron chi connectivity index (χ3n) is 12.4. The number of anilines is 3. The molecule has 0 saturated carbocycles. The van der Waals surface area contributed by atoms with E-state index in [1.54, 1.807) is 0 Å². The van der Waals surface area contributed by atoms with Gasteiger partial charge in [-0.2, -0.15) is 10.2 Å². The van der Waals surface area contributed by atoms with E-state index in [9.17, 15) is 9.59 Å². The van der Waals surface area contributed by atoms with Gasteiger partial charge in [0.2, 0.25) is 0 Å². The number of fused-ring (bicyclic) bond motifs is 2. The van der Waals surface area contributed by atoms with E-state index in [0.717, 1.165) is 107 Å². The van der Waals surface area contributed by atoms with E-state index in [-0.39, 0.29) is 11.8 Å². The predicted octanol–water partition coefficient (Wildman–Crippen LogP) is 9.07. The second-order valence-corrected chi connectivity index (χ2v) is 18.1. The second kappa shape index (κ2) is 20.5. The number of carbonyl (C=O) groups is 2. The number of hydrogen-bond donors (Lipinski definition) is 4. The number of aromatic nitrogens is 6. The molecule has 10 rings (SSSR count). The molecule has 8 aromatic rings. The average Bonchev–Trinajstić information content (AvgIpc) is 4.19. The lowest BCUT2D eigenvalue weighted by molar-refractivity contribution is 0.101. The number of carbonyl (C=O) groups excluding carboxylic acids is 2. The van der Waals surface area contributed by atoms with Crippen LogP contribution >= 0.6 is 0 Å². The molecule has 14 heteroatoms. The Hall–Kier alpha value is -7.26. The summed E-state index contributed by atoms with van der Waals surface area (Å²) in [6.07, 6.45) is 12.7. The van der Waals surface area contributed by atoms with E-state index in [1.807, 2.05) is 143 Å². The molecular weight excluding hydrogens is 837 g/mol. The fraction of sp³-hybridized carbons (Fsp3) is 0.283. The van der Waals surface area contributed by atoms with Crippen molar-refractivity contribution in [3.8, 4) is 22.3 Å². The largest absolute Gasteiger partial charge is 0.378 e. The Morgan fingerprint density at radius 1 is 0.537 bits per heavy atom. The molecule has 6 heterocycles. The van der Waals surface area contributed by atoms with Crippen LogP contribution in [0.1, 0.15) is 63.4 Å². The molecule has 0 radical (unpaired) electrons. The van der Waals surface area contributed by atoms with Gasteiger partial charge in [0, 0.05) is 97.5 Å². The topological polar surface area (TPSA) is 154 Å². The Morgan fingerprint density at radius 2 is 0.985 bits per heavy atom. The molecule has 2 saturated heterocycles. The van der Waals surface area contributed by atoms with Crippen LogP contribution in [0.5, 0.6) is 0 Å². The maximum atomic E-state index is 13.0. The predicted molar refractivity (Wildman–Crippen MR) is 268 cm³/mol. The minimum Gasteiger partial charge on any atom is -0.378 e. The highest BCUT2D eigenvalue weighted by Gasteiger charge is 2.19. The fourth-order valence-electron chi connectivity index (χ4n) is 8.88. The van der Waals surface area contributed by atoms with Crippen LogP contribution in [-0.2, 0) is 19.6 Å². The van der Waals surface area contributed by atoms with Crippen molar-refractivity contribution in [1.82, 2.24) is 45.1 Å². The number of pyridine rings is 2. The normalized spacial score (nSPS) is 14.1. The highest BCUT2D eigenvalue weighted by molar-refractivity contribution is 6.12. The molecule has 4 aromatic carbocycles. The van der Waals surface area contributed by atoms with Gasteiger partial charge >= 0.3 is 0 Å². The Bertz CT molecular complexity index is 2960. The van der Waals surface area contributed by atoms with E-state index < -0.39 is 0 Å². The van der Waals surface area contributed by atoms with E-state index >= 15 is 0 Å². The second-order valence-electron chi connectivity index (χ2n) is 18.1. The van der Waals surface area contributed by atoms with Crippen LogP contribution in [0.25, 0.3) is 44.1 Å². The molecule has 342 valence electrons. The first-order valence-corrected chi connectivity index (χ1v) is 23.1. The lowest BCUT2D eigenvalue weighted by atomic mass is 10.0. The van der Waals surface area contributed by atoms with Crippen LogP contribution in [0, 0.1) is 0 Å². The van der Waals surface area contributed by atoms with Crippen molar-refractivity contribution in [2.24, 2.45) is 0 Å². The summed E-state index contributed by atoms with van der Waals surface area (Å²) < 4.78 is 0. The first-order chi connectivity index (χ1) is 32.6. The third-order valence-corrected chi connectivity index (χ3v) is 12.4. The average molecular weight is 895 g/mol. The molecule has 2 fully saturated rings. The summed E-state index contributed by atoms with van der Waals surface area (Å²) >= 11 is 0. The van der Waals surface area contributed by atoms with Gasteiger partial charge in [-0.15, -0.1) is 0 Å². The molecule has 0 bridgehead atoms. The van der Waals surface area contributed by atoms with Crippen molar-refractivity contribution < 1.29 is 9.59 Å². The van der Waals surface area contributed by atoms with E-state index in [1.165, 1.54) is 42.4 Å². The Labute approximate surface area is 391 Å². The molecule has 2 aliphatic heterocycles. The molecule has 2 aliphatic rings. The van der Waals surface area contributed by atoms with Crippen LogP contribution in [0.15, 0.2) is 122 Å². The maximum absolute atomic E-state index is 13.0. The summed E-state index contributed by atoms with van der Waals surface area (Å²) in [6, 6.07) is 32.1. The van der Waals surface area contributed by atoms with E-state index in [2.05, 4.69) is 67.8 Å². The van der Waals surface area contributed by atoms with Crippen LogP contribution in [0.3, 0.4) is 0 Å². The lowest BCUT2D eigenvalue weighted by Crippen LogP contribution is -2.18. The number of rotatable bonds is 13. The molecule has 14 nitrogen and oxygen atoms in total. The molecule has 0 aliphatic carbocycles. The minimum absolute atomic E-state index is 0.232. The lowest BCUT2D eigenvalue weighted by Gasteiger charge is -2.14. The number of amides is 2. The first-order valence-electron chi connectivity index (χ1n) is 23.1. The molecule has 0 spiro atoms. The number of aromatic amines is 2. The summed E-state index contributed by atoms with van der Waals surface area (Å²) in [5, 5.41) is 22.1. The van der Waals surface area contributed by atoms with Crippen LogP contribution in [-0.4, -0.2) is 111 Å². The quantitative estimate of drug-likeness (QED) is 0.0882. The van der Waals surface area contributed by atoms with Gasteiger partial charge in [0.15, 0.2) is 11.4 Å². The number of H-pyrrole nitrogens is 2. The summed E-state index contributed by atoms with van der Waals surface area (Å²) in [5.74, 6) is -0.471. The van der Waals surface area contributed by atoms with Crippen molar-refractivity contribution in [2.75, 3.05) is 69.9 Å². The van der Waals surface area contributed by atoms with Crippen LogP contribution < -0.4 is 15.5 Å². The van der Waals surface area contributed by atoms with Crippen molar-refractivity contribution in [3.63, 3.8) is 0 Å². The minimum atomic E-state index is -0.239. The molecule has 67 heavy (non-hydrogen) atoms. The standard InChI is InChI=1S/C27H30N6O.C26H28N6O/c1-32(2)17-19-5-8-23(9-6-19)29-27(34)26-24-14-21(7-10-25(24)30-31-26)22-13-20(15-28-16-22)18-33-11-3-4-12-33;1-31(2)22-8-6-21(7-9-22)28-26(33)25-23-14-19(5-10-24(23)29-30-25)20-13-18(15-27-16-20)17-32-11-3-4-12-32/h5-10,13-16H,3-4,11-12,17-18H2,1-2H3,(H,29,34)(H,30,31);5-10,13-16H,3-4,11-12,17H2,1-2H3,(H,28,33)(H,29,30). The van der Waals surface area contributed by atoms with Gasteiger partial charge in [0.05, 0.1) is 11.0 Å². The van der Waals surface area contributed by atoms with Crippen molar-refractivity contribution >= 4 is 50.7 Å². The molecule has 2 amide bonds. The van der Waals surface area contributed by atoms with Crippen LogP contribution in [0.2, 0.25) is 0 Å². The smallest absolute Gasteiger partial charge is 0.276 e. The Kier molecular flexibility index (Phi) is 13.7. The van der Waals surface area contributed by atoms with E-state index in [4.69, 9.17) is 0 Å².